The van der Waals surface area contributed by atoms with Gasteiger partial charge in [0, 0.05) is 18.3 Å². The molecule has 1 heterocycles. The van der Waals surface area contributed by atoms with Crippen molar-refractivity contribution < 1.29 is 13.2 Å². The maximum Gasteiger partial charge on any atom is 0.238 e. The van der Waals surface area contributed by atoms with Gasteiger partial charge in [-0.2, -0.15) is 0 Å². The summed E-state index contributed by atoms with van der Waals surface area (Å²) >= 11 is 0. The van der Waals surface area contributed by atoms with Gasteiger partial charge in [0.25, 0.3) is 0 Å². The molecule has 1 saturated heterocycles. The average molecular weight is 284 g/mol. The Balaban J connectivity index is 2.07. The van der Waals surface area contributed by atoms with Crippen molar-refractivity contribution in [1.82, 2.24) is 0 Å². The summed E-state index contributed by atoms with van der Waals surface area (Å²) in [7, 11) is -3.65. The fourth-order valence-corrected chi connectivity index (χ4v) is 2.85. The molecule has 0 aliphatic carbocycles. The van der Waals surface area contributed by atoms with Crippen molar-refractivity contribution in [2.45, 2.75) is 43.2 Å². The van der Waals surface area contributed by atoms with Gasteiger partial charge in [0.2, 0.25) is 10.0 Å². The summed E-state index contributed by atoms with van der Waals surface area (Å²) in [4.78, 5) is 0.136. The highest BCUT2D eigenvalue weighted by Crippen LogP contribution is 2.21. The van der Waals surface area contributed by atoms with E-state index in [0.29, 0.717) is 6.04 Å². The van der Waals surface area contributed by atoms with Crippen LogP contribution in [0.3, 0.4) is 0 Å². The van der Waals surface area contributed by atoms with E-state index in [4.69, 9.17) is 9.88 Å². The van der Waals surface area contributed by atoms with Crippen LogP contribution in [0.15, 0.2) is 29.2 Å². The van der Waals surface area contributed by atoms with Crippen LogP contribution in [0.4, 0.5) is 5.69 Å². The normalized spacial score (nSPS) is 24.1. The van der Waals surface area contributed by atoms with Crippen LogP contribution in [-0.4, -0.2) is 27.2 Å². The fourth-order valence-electron chi connectivity index (χ4n) is 2.29. The summed E-state index contributed by atoms with van der Waals surface area (Å²) in [5.74, 6) is 0. The van der Waals surface area contributed by atoms with E-state index in [-0.39, 0.29) is 11.0 Å². The van der Waals surface area contributed by atoms with Crippen LogP contribution in [0.2, 0.25) is 0 Å². The van der Waals surface area contributed by atoms with Crippen molar-refractivity contribution in [2.24, 2.45) is 5.14 Å². The molecule has 0 aromatic heterocycles. The van der Waals surface area contributed by atoms with Crippen LogP contribution in [0.25, 0.3) is 0 Å². The van der Waals surface area contributed by atoms with E-state index in [9.17, 15) is 8.42 Å². The van der Waals surface area contributed by atoms with E-state index in [1.165, 1.54) is 6.07 Å². The lowest BCUT2D eigenvalue weighted by molar-refractivity contribution is 0.00925. The zero-order valence-electron chi connectivity index (χ0n) is 11.0. The van der Waals surface area contributed by atoms with Crippen molar-refractivity contribution >= 4 is 15.7 Å². The van der Waals surface area contributed by atoms with Crippen LogP contribution < -0.4 is 10.5 Å². The van der Waals surface area contributed by atoms with Gasteiger partial charge in [-0.3, -0.25) is 0 Å². The van der Waals surface area contributed by atoms with E-state index >= 15 is 0 Å². The number of nitrogens with two attached hydrogens (primary N) is 1. The molecule has 0 spiro atoms. The van der Waals surface area contributed by atoms with E-state index < -0.39 is 10.0 Å². The van der Waals surface area contributed by atoms with E-state index in [0.717, 1.165) is 31.6 Å². The minimum absolute atomic E-state index is 0.136. The first-order chi connectivity index (χ1) is 8.99. The summed E-state index contributed by atoms with van der Waals surface area (Å²) in [5.41, 5.74) is 0.785. The van der Waals surface area contributed by atoms with Crippen LogP contribution in [0, 0.1) is 0 Å². The molecule has 0 bridgehead atoms. The van der Waals surface area contributed by atoms with Crippen LogP contribution >= 0.6 is 0 Å². The molecular weight excluding hydrogens is 264 g/mol. The fraction of sp³-hybridized carbons (Fsp3) is 0.538. The Morgan fingerprint density at radius 3 is 2.95 bits per heavy atom. The Kier molecular flexibility index (Phi) is 4.44. The van der Waals surface area contributed by atoms with Gasteiger partial charge >= 0.3 is 0 Å². The van der Waals surface area contributed by atoms with Crippen molar-refractivity contribution in [3.05, 3.63) is 24.3 Å². The summed E-state index contributed by atoms with van der Waals surface area (Å²) in [5, 5.41) is 8.48. The largest absolute Gasteiger partial charge is 0.382 e. The molecule has 3 N–H and O–H groups in total. The molecule has 1 aromatic rings. The van der Waals surface area contributed by atoms with Gasteiger partial charge < -0.3 is 10.1 Å². The van der Waals surface area contributed by atoms with Crippen LogP contribution in [-0.2, 0) is 14.8 Å². The number of anilines is 1. The number of sulfonamides is 1. The molecule has 0 amide bonds. The topological polar surface area (TPSA) is 81.4 Å². The molecule has 6 heteroatoms. The van der Waals surface area contributed by atoms with Gasteiger partial charge in [-0.1, -0.05) is 13.0 Å². The summed E-state index contributed by atoms with van der Waals surface area (Å²) in [6, 6.07) is 6.93. The van der Waals surface area contributed by atoms with Gasteiger partial charge in [0.05, 0.1) is 11.0 Å². The molecule has 1 fully saturated rings. The first kappa shape index (κ1) is 14.3. The molecule has 0 radical (unpaired) electrons. The van der Waals surface area contributed by atoms with Crippen LogP contribution in [0.1, 0.15) is 26.2 Å². The summed E-state index contributed by atoms with van der Waals surface area (Å²) in [6.07, 6.45) is 3.15. The van der Waals surface area contributed by atoms with Crippen molar-refractivity contribution in [2.75, 3.05) is 11.9 Å². The smallest absolute Gasteiger partial charge is 0.238 e. The number of primary sulfonamides is 1. The van der Waals surface area contributed by atoms with Gasteiger partial charge in [0.1, 0.15) is 0 Å². The molecule has 2 unspecified atom stereocenters. The number of ether oxygens (including phenoxy) is 1. The number of nitrogens with one attached hydrogen (secondary N) is 1. The Morgan fingerprint density at radius 2 is 2.26 bits per heavy atom. The summed E-state index contributed by atoms with van der Waals surface area (Å²) in [6.45, 7) is 2.85. The van der Waals surface area contributed by atoms with Crippen molar-refractivity contribution in [3.63, 3.8) is 0 Å². The quantitative estimate of drug-likeness (QED) is 0.881. The predicted molar refractivity (Wildman–Crippen MR) is 74.5 cm³/mol. The van der Waals surface area contributed by atoms with E-state index in [1.54, 1.807) is 12.1 Å². The SMILES string of the molecule is CCC1CC(Nc2cccc(S(N)(=O)=O)c2)CCO1. The van der Waals surface area contributed by atoms with Gasteiger partial charge in [0.15, 0.2) is 0 Å². The molecule has 5 nitrogen and oxygen atoms in total. The highest BCUT2D eigenvalue weighted by atomic mass is 32.2. The second-order valence-electron chi connectivity index (χ2n) is 4.84. The Bertz CT molecular complexity index is 530. The van der Waals surface area contributed by atoms with Crippen molar-refractivity contribution in [3.8, 4) is 0 Å². The molecule has 2 rings (SSSR count). The van der Waals surface area contributed by atoms with E-state index in [2.05, 4.69) is 12.2 Å². The molecule has 1 aliphatic heterocycles. The highest BCUT2D eigenvalue weighted by Gasteiger charge is 2.21. The molecule has 19 heavy (non-hydrogen) atoms. The zero-order chi connectivity index (χ0) is 13.9. The first-order valence-electron chi connectivity index (χ1n) is 6.50. The molecule has 1 aliphatic rings. The zero-order valence-corrected chi connectivity index (χ0v) is 11.8. The maximum atomic E-state index is 11.3. The van der Waals surface area contributed by atoms with E-state index in [1.807, 2.05) is 6.07 Å². The Labute approximate surface area is 114 Å². The monoisotopic (exact) mass is 284 g/mol. The molecular formula is C13H20N2O3S. The van der Waals surface area contributed by atoms with Crippen molar-refractivity contribution in [1.29, 1.82) is 0 Å². The highest BCUT2D eigenvalue weighted by molar-refractivity contribution is 7.89. The average Bonchev–Trinajstić information content (AvgIpc) is 2.38. The minimum Gasteiger partial charge on any atom is -0.382 e. The molecule has 106 valence electrons. The number of rotatable bonds is 4. The third-order valence-corrected chi connectivity index (χ3v) is 4.27. The van der Waals surface area contributed by atoms with Crippen LogP contribution in [0.5, 0.6) is 0 Å². The summed E-state index contributed by atoms with van der Waals surface area (Å²) < 4.78 is 28.2. The maximum absolute atomic E-state index is 11.3. The number of benzene rings is 1. The molecule has 0 saturated carbocycles. The minimum atomic E-state index is -3.65. The lowest BCUT2D eigenvalue weighted by Gasteiger charge is -2.30. The standard InChI is InChI=1S/C13H20N2O3S/c1-2-12-8-11(6-7-18-12)15-10-4-3-5-13(9-10)19(14,16)17/h3-5,9,11-12,15H,2,6-8H2,1H3,(H2,14,16,17). The second-order valence-corrected chi connectivity index (χ2v) is 6.40. The lowest BCUT2D eigenvalue weighted by Crippen LogP contribution is -2.33. The first-order valence-corrected chi connectivity index (χ1v) is 8.04. The van der Waals surface area contributed by atoms with Gasteiger partial charge in [-0.25, -0.2) is 13.6 Å². The molecule has 1 aromatic carbocycles. The van der Waals surface area contributed by atoms with Gasteiger partial charge in [-0.15, -0.1) is 0 Å². The number of hydrogen-bond donors (Lipinski definition) is 2. The molecule has 2 atom stereocenters. The van der Waals surface area contributed by atoms with Gasteiger partial charge in [-0.05, 0) is 37.5 Å². The second kappa shape index (κ2) is 5.90. The Morgan fingerprint density at radius 1 is 1.47 bits per heavy atom. The third kappa shape index (κ3) is 3.92. The lowest BCUT2D eigenvalue weighted by atomic mass is 10.0. The predicted octanol–water partition coefficient (Wildman–Crippen LogP) is 1.70. The third-order valence-electron chi connectivity index (χ3n) is 3.36. The Hall–Kier alpha value is -1.11. The number of hydrogen-bond acceptors (Lipinski definition) is 4.